The molecule has 0 aliphatic heterocycles. The maximum absolute atomic E-state index is 11.1. The summed E-state index contributed by atoms with van der Waals surface area (Å²) < 4.78 is 0. The van der Waals surface area contributed by atoms with Crippen LogP contribution in [0.2, 0.25) is 0 Å². The lowest BCUT2D eigenvalue weighted by atomic mass is 10.5. The molecule has 0 unspecified atom stereocenters. The average molecular weight is 154 g/mol. The summed E-state index contributed by atoms with van der Waals surface area (Å²) in [6.45, 7) is 0. The molecular formula is C6H10N4O. The third-order valence-corrected chi connectivity index (χ3v) is 1.07. The molecule has 0 aliphatic rings. The van der Waals surface area contributed by atoms with E-state index in [2.05, 4.69) is 15.4 Å². The van der Waals surface area contributed by atoms with Gasteiger partial charge < -0.3 is 4.98 Å². The SMILES string of the molecule is CN(C)NC(=O)c1cnc[nH]1. The van der Waals surface area contributed by atoms with Gasteiger partial charge >= 0.3 is 0 Å². The first-order valence-electron chi connectivity index (χ1n) is 3.17. The van der Waals surface area contributed by atoms with Crippen LogP contribution in [0, 0.1) is 0 Å². The molecule has 11 heavy (non-hydrogen) atoms. The second-order valence-corrected chi connectivity index (χ2v) is 2.30. The molecule has 5 nitrogen and oxygen atoms in total. The van der Waals surface area contributed by atoms with Crippen molar-refractivity contribution in [3.8, 4) is 0 Å². The van der Waals surface area contributed by atoms with Crippen LogP contribution >= 0.6 is 0 Å². The highest BCUT2D eigenvalue weighted by Crippen LogP contribution is 1.89. The highest BCUT2D eigenvalue weighted by atomic mass is 16.2. The minimum atomic E-state index is -0.187. The highest BCUT2D eigenvalue weighted by molar-refractivity contribution is 5.91. The number of carbonyl (C=O) groups excluding carboxylic acids is 1. The summed E-state index contributed by atoms with van der Waals surface area (Å²) in [6, 6.07) is 0. The normalized spacial score (nSPS) is 10.1. The summed E-state index contributed by atoms with van der Waals surface area (Å²) in [5, 5.41) is 1.57. The first kappa shape index (κ1) is 7.74. The Morgan fingerprint density at radius 1 is 1.73 bits per heavy atom. The van der Waals surface area contributed by atoms with E-state index in [-0.39, 0.29) is 5.91 Å². The van der Waals surface area contributed by atoms with Crippen LogP contribution in [0.4, 0.5) is 0 Å². The number of nitrogens with one attached hydrogen (secondary N) is 2. The van der Waals surface area contributed by atoms with Crippen molar-refractivity contribution in [2.45, 2.75) is 0 Å². The topological polar surface area (TPSA) is 61.0 Å². The van der Waals surface area contributed by atoms with Gasteiger partial charge in [0.15, 0.2) is 0 Å². The molecule has 0 bridgehead atoms. The van der Waals surface area contributed by atoms with Crippen molar-refractivity contribution in [1.29, 1.82) is 0 Å². The van der Waals surface area contributed by atoms with Crippen LogP contribution in [-0.4, -0.2) is 35.0 Å². The Morgan fingerprint density at radius 2 is 2.45 bits per heavy atom. The average Bonchev–Trinajstić information content (AvgIpc) is 2.35. The molecule has 0 radical (unpaired) electrons. The van der Waals surface area contributed by atoms with Crippen LogP contribution in [-0.2, 0) is 0 Å². The number of carbonyl (C=O) groups is 1. The molecule has 1 aromatic heterocycles. The maximum atomic E-state index is 11.1. The molecule has 2 N–H and O–H groups in total. The predicted molar refractivity (Wildman–Crippen MR) is 39.7 cm³/mol. The molecule has 1 heterocycles. The van der Waals surface area contributed by atoms with Crippen molar-refractivity contribution >= 4 is 5.91 Å². The molecule has 0 atom stereocenters. The van der Waals surface area contributed by atoms with Gasteiger partial charge in [-0.1, -0.05) is 0 Å². The molecule has 1 aromatic rings. The zero-order valence-corrected chi connectivity index (χ0v) is 6.46. The van der Waals surface area contributed by atoms with Crippen LogP contribution in [0.25, 0.3) is 0 Å². The number of hydrazine groups is 1. The van der Waals surface area contributed by atoms with Crippen molar-refractivity contribution in [3.63, 3.8) is 0 Å². The van der Waals surface area contributed by atoms with E-state index in [4.69, 9.17) is 0 Å². The molecule has 5 heteroatoms. The van der Waals surface area contributed by atoms with Gasteiger partial charge in [-0.15, -0.1) is 0 Å². The summed E-state index contributed by atoms with van der Waals surface area (Å²) in [4.78, 5) is 17.5. The fourth-order valence-electron chi connectivity index (χ4n) is 0.643. The molecule has 0 saturated heterocycles. The number of aromatic nitrogens is 2. The smallest absolute Gasteiger partial charge is 0.283 e. The number of aromatic amines is 1. The Balaban J connectivity index is 2.57. The van der Waals surface area contributed by atoms with E-state index >= 15 is 0 Å². The third kappa shape index (κ3) is 2.05. The van der Waals surface area contributed by atoms with Gasteiger partial charge in [-0.05, 0) is 0 Å². The van der Waals surface area contributed by atoms with Gasteiger partial charge in [0.25, 0.3) is 5.91 Å². The van der Waals surface area contributed by atoms with Crippen molar-refractivity contribution in [3.05, 3.63) is 18.2 Å². The number of amides is 1. The van der Waals surface area contributed by atoms with Gasteiger partial charge in [-0.3, -0.25) is 10.2 Å². The monoisotopic (exact) mass is 154 g/mol. The molecule has 1 rings (SSSR count). The fraction of sp³-hybridized carbons (Fsp3) is 0.333. The van der Waals surface area contributed by atoms with E-state index in [0.29, 0.717) is 5.69 Å². The van der Waals surface area contributed by atoms with Gasteiger partial charge in [0.2, 0.25) is 0 Å². The van der Waals surface area contributed by atoms with E-state index in [0.717, 1.165) is 0 Å². The van der Waals surface area contributed by atoms with Gasteiger partial charge in [0, 0.05) is 14.1 Å². The first-order chi connectivity index (χ1) is 5.20. The molecule has 0 fully saturated rings. The first-order valence-corrected chi connectivity index (χ1v) is 3.17. The van der Waals surface area contributed by atoms with Crippen molar-refractivity contribution in [2.24, 2.45) is 0 Å². The summed E-state index contributed by atoms with van der Waals surface area (Å²) in [5.41, 5.74) is 3.03. The second-order valence-electron chi connectivity index (χ2n) is 2.30. The Bertz CT molecular complexity index is 229. The van der Waals surface area contributed by atoms with Crippen LogP contribution < -0.4 is 5.43 Å². The van der Waals surface area contributed by atoms with Gasteiger partial charge in [-0.25, -0.2) is 9.99 Å². The molecule has 0 spiro atoms. The minimum Gasteiger partial charge on any atom is -0.341 e. The number of hydrogen-bond acceptors (Lipinski definition) is 3. The standard InChI is InChI=1S/C6H10N4O/c1-10(2)9-6(11)5-3-7-4-8-5/h3-4H,1-2H3,(H,7,8)(H,9,11). The minimum absolute atomic E-state index is 0.187. The largest absolute Gasteiger partial charge is 0.341 e. The van der Waals surface area contributed by atoms with Crippen molar-refractivity contribution in [1.82, 2.24) is 20.4 Å². The van der Waals surface area contributed by atoms with Crippen LogP contribution in [0.15, 0.2) is 12.5 Å². The van der Waals surface area contributed by atoms with Crippen LogP contribution in [0.3, 0.4) is 0 Å². The lowest BCUT2D eigenvalue weighted by molar-refractivity contribution is 0.0852. The molecule has 60 valence electrons. The van der Waals surface area contributed by atoms with E-state index in [9.17, 15) is 4.79 Å². The van der Waals surface area contributed by atoms with Gasteiger partial charge in [0.05, 0.1) is 12.5 Å². The van der Waals surface area contributed by atoms with Crippen molar-refractivity contribution < 1.29 is 4.79 Å². The fourth-order valence-corrected chi connectivity index (χ4v) is 0.643. The molecule has 0 aromatic carbocycles. The molecule has 1 amide bonds. The predicted octanol–water partition coefficient (Wildman–Crippen LogP) is -0.384. The van der Waals surface area contributed by atoms with E-state index in [1.165, 1.54) is 12.5 Å². The Morgan fingerprint density at radius 3 is 2.91 bits per heavy atom. The van der Waals surface area contributed by atoms with E-state index in [1.54, 1.807) is 19.1 Å². The zero-order chi connectivity index (χ0) is 8.27. The second kappa shape index (κ2) is 3.16. The van der Waals surface area contributed by atoms with E-state index in [1.807, 2.05) is 0 Å². The van der Waals surface area contributed by atoms with Gasteiger partial charge in [-0.2, -0.15) is 0 Å². The lowest BCUT2D eigenvalue weighted by Crippen LogP contribution is -2.36. The number of H-pyrrole nitrogens is 1. The number of rotatable bonds is 2. The summed E-state index contributed by atoms with van der Waals surface area (Å²) in [5.74, 6) is -0.187. The summed E-state index contributed by atoms with van der Waals surface area (Å²) >= 11 is 0. The Labute approximate surface area is 64.4 Å². The number of hydrogen-bond donors (Lipinski definition) is 2. The number of imidazole rings is 1. The van der Waals surface area contributed by atoms with Crippen molar-refractivity contribution in [2.75, 3.05) is 14.1 Å². The molecule has 0 aliphatic carbocycles. The zero-order valence-electron chi connectivity index (χ0n) is 6.46. The van der Waals surface area contributed by atoms with E-state index < -0.39 is 0 Å². The Hall–Kier alpha value is -1.36. The van der Waals surface area contributed by atoms with Crippen LogP contribution in [0.5, 0.6) is 0 Å². The summed E-state index contributed by atoms with van der Waals surface area (Å²) in [6.07, 6.45) is 2.93. The Kier molecular flexibility index (Phi) is 2.22. The number of nitrogens with zero attached hydrogens (tertiary/aromatic N) is 2. The molecule has 0 saturated carbocycles. The quantitative estimate of drug-likeness (QED) is 0.570. The summed E-state index contributed by atoms with van der Waals surface area (Å²) in [7, 11) is 3.49. The highest BCUT2D eigenvalue weighted by Gasteiger charge is 2.05. The van der Waals surface area contributed by atoms with Gasteiger partial charge in [0.1, 0.15) is 5.69 Å². The molecular weight excluding hydrogens is 144 g/mol. The van der Waals surface area contributed by atoms with Crippen LogP contribution in [0.1, 0.15) is 10.5 Å². The third-order valence-electron chi connectivity index (χ3n) is 1.07. The maximum Gasteiger partial charge on any atom is 0.283 e. The lowest BCUT2D eigenvalue weighted by Gasteiger charge is -2.09.